The van der Waals surface area contributed by atoms with E-state index in [1.165, 1.54) is 45.4 Å². The molecule has 2 bridgehead atoms. The van der Waals surface area contributed by atoms with Crippen LogP contribution in [0.3, 0.4) is 0 Å². The fourth-order valence-corrected chi connectivity index (χ4v) is 11.9. The Bertz CT molecular complexity index is 3600. The Morgan fingerprint density at radius 2 is 0.953 bits per heavy atom. The minimum absolute atomic E-state index is 0. The minimum Gasteiger partial charge on any atom is -1.00 e. The maximum absolute atomic E-state index is 13.5. The third kappa shape index (κ3) is 16.5. The molecular formula is C58H50Cl5F12N5O5S. The first kappa shape index (κ1) is 67.8. The molecule has 5 heterocycles. The van der Waals surface area contributed by atoms with E-state index in [1.807, 2.05) is 12.1 Å². The number of nitrogens with zero attached hydrogens (tertiary/aromatic N) is 5. The van der Waals surface area contributed by atoms with E-state index in [1.54, 1.807) is 18.2 Å². The molecular weight excluding hydrogens is 1280 g/mol. The standard InChI is InChI=1S/C35H32Cl2F6N3O.C23H18Cl2F6N2O4S.ClH/c36-29-7-6-23(20-30(29)37)24(8-14-46-15-9-33(10-16-46,11-17-46)26-4-2-1-3-5-26)22-45-13-12-44-32(45)31(47)25-18-27(34(38,39)40)21-28(19-25)35(41,42)43;1-38(35,36)37-7-4-14(13-2-3-18(24)19(25)10-13)12-33-6-5-32-21(33)20(34)15-8-16(22(26,27)28)11-17(9-15)23(29,30)31;/h1-7,12-13,18-21,24H,8-11,14-17,22H2;2-3,5-6,8-11,14H,4,7,12H2,1H3;1H/q+1;;/p-1. The lowest BCUT2D eigenvalue weighted by molar-refractivity contribution is -0.943. The van der Waals surface area contributed by atoms with E-state index in [4.69, 9.17) is 50.6 Å². The van der Waals surface area contributed by atoms with E-state index < -0.39 is 91.5 Å². The van der Waals surface area contributed by atoms with E-state index >= 15 is 0 Å². The third-order valence-electron chi connectivity index (χ3n) is 15.5. The summed E-state index contributed by atoms with van der Waals surface area (Å²) in [7, 11) is -3.77. The van der Waals surface area contributed by atoms with Crippen molar-refractivity contribution in [1.29, 1.82) is 0 Å². The molecule has 3 aliphatic rings. The average molecular weight is 1330 g/mol. The smallest absolute Gasteiger partial charge is 0.416 e. The van der Waals surface area contributed by atoms with Crippen LogP contribution in [-0.2, 0) is 57.5 Å². The van der Waals surface area contributed by atoms with Gasteiger partial charge in [-0.05, 0) is 83.8 Å². The van der Waals surface area contributed by atoms with Crippen molar-refractivity contribution in [2.24, 2.45) is 0 Å². The highest BCUT2D eigenvalue weighted by molar-refractivity contribution is 7.86. The summed E-state index contributed by atoms with van der Waals surface area (Å²) in [5.74, 6) is -3.66. The Kier molecular flexibility index (Phi) is 21.0. The summed E-state index contributed by atoms with van der Waals surface area (Å²) in [6, 6.07) is 22.0. The number of imidazole rings is 2. The Hall–Kier alpha value is -5.66. The minimum atomic E-state index is -5.13. The molecule has 3 saturated heterocycles. The summed E-state index contributed by atoms with van der Waals surface area (Å²) in [6.07, 6.45) is -10.2. The van der Waals surface area contributed by atoms with E-state index in [2.05, 4.69) is 34.2 Å². The van der Waals surface area contributed by atoms with Crippen LogP contribution in [-0.4, -0.2) is 82.6 Å². The number of carbonyl (C=O) groups excluding carboxylic acids is 2. The molecule has 86 heavy (non-hydrogen) atoms. The van der Waals surface area contributed by atoms with Gasteiger partial charge in [0.2, 0.25) is 11.6 Å². The molecule has 28 heteroatoms. The average Bonchev–Trinajstić information content (AvgIpc) is 1.14. The van der Waals surface area contributed by atoms with Gasteiger partial charge in [-0.15, -0.1) is 0 Å². The van der Waals surface area contributed by atoms with Gasteiger partial charge in [0.15, 0.2) is 11.6 Å². The summed E-state index contributed by atoms with van der Waals surface area (Å²) >= 11 is 24.7. The molecule has 0 aliphatic carbocycles. The van der Waals surface area contributed by atoms with E-state index in [-0.39, 0.29) is 77.9 Å². The molecule has 0 amide bonds. The van der Waals surface area contributed by atoms with Gasteiger partial charge in [0, 0.05) is 91.9 Å². The second-order valence-electron chi connectivity index (χ2n) is 21.0. The van der Waals surface area contributed by atoms with Gasteiger partial charge >= 0.3 is 24.7 Å². The molecule has 10 nitrogen and oxygen atoms in total. The van der Waals surface area contributed by atoms with E-state index in [9.17, 15) is 70.7 Å². The number of benzene rings is 5. The molecule has 0 saturated carbocycles. The number of rotatable bonds is 18. The lowest BCUT2D eigenvalue weighted by Crippen LogP contribution is -3.00. The molecule has 3 aliphatic heterocycles. The van der Waals surface area contributed by atoms with Crippen molar-refractivity contribution in [3.8, 4) is 0 Å². The summed E-state index contributed by atoms with van der Waals surface area (Å²) < 4.78 is 192. The zero-order valence-corrected chi connectivity index (χ0v) is 49.5. The molecule has 3 fully saturated rings. The van der Waals surface area contributed by atoms with Crippen molar-refractivity contribution in [2.45, 2.75) is 87.1 Å². The van der Waals surface area contributed by atoms with Gasteiger partial charge < -0.3 is 26.0 Å². The normalized spacial score (nSPS) is 18.0. The van der Waals surface area contributed by atoms with Crippen molar-refractivity contribution in [1.82, 2.24) is 19.1 Å². The highest BCUT2D eigenvalue weighted by atomic mass is 35.5. The SMILES string of the molecule is CS(=O)(=O)OCCC(Cn1ccnc1C(=O)c1cc(C(F)(F)F)cc(C(F)(F)F)c1)c1ccc(Cl)c(Cl)c1.O=C(c1cc(C(F)(F)F)cc(C(F)(F)F)c1)c1nccn1CC(CC[N+]12CCC(c3ccccc3)(CC1)CC2)c1ccc(Cl)c(Cl)c1.[Cl-]. The van der Waals surface area contributed by atoms with Gasteiger partial charge in [-0.2, -0.15) is 61.1 Å². The van der Waals surface area contributed by atoms with Crippen LogP contribution in [0, 0.1) is 0 Å². The van der Waals surface area contributed by atoms with Crippen LogP contribution in [0.1, 0.15) is 115 Å². The van der Waals surface area contributed by atoms with Crippen molar-refractivity contribution in [2.75, 3.05) is 39.0 Å². The molecule has 2 aromatic heterocycles. The number of halogens is 17. The van der Waals surface area contributed by atoms with Gasteiger partial charge in [0.05, 0.1) is 81.4 Å². The number of fused-ring (bicyclic) bond motifs is 3. The Balaban J connectivity index is 0.000000249. The van der Waals surface area contributed by atoms with Crippen LogP contribution < -0.4 is 12.4 Å². The largest absolute Gasteiger partial charge is 1.00 e. The maximum Gasteiger partial charge on any atom is 0.416 e. The Labute approximate surface area is 512 Å². The second-order valence-corrected chi connectivity index (χ2v) is 24.3. The monoisotopic (exact) mass is 1330 g/mol. The predicted molar refractivity (Wildman–Crippen MR) is 294 cm³/mol. The van der Waals surface area contributed by atoms with Crippen molar-refractivity contribution >= 4 is 68.1 Å². The van der Waals surface area contributed by atoms with Crippen molar-refractivity contribution in [3.05, 3.63) is 210 Å². The first-order valence-corrected chi connectivity index (χ1v) is 29.3. The molecule has 5 aromatic carbocycles. The number of alkyl halides is 12. The fourth-order valence-electron chi connectivity index (χ4n) is 10.9. The quantitative estimate of drug-likeness (QED) is 0.0364. The lowest BCUT2D eigenvalue weighted by atomic mass is 9.66. The van der Waals surface area contributed by atoms with Gasteiger partial charge in [0.25, 0.3) is 10.1 Å². The molecule has 0 spiro atoms. The fraction of sp³-hybridized carbons (Fsp3) is 0.345. The predicted octanol–water partition coefficient (Wildman–Crippen LogP) is 13.2. The maximum atomic E-state index is 13.5. The van der Waals surface area contributed by atoms with Crippen LogP contribution in [0.4, 0.5) is 52.7 Å². The van der Waals surface area contributed by atoms with Crippen LogP contribution in [0.2, 0.25) is 20.1 Å². The number of hydrogen-bond acceptors (Lipinski definition) is 7. The molecule has 0 radical (unpaired) electrons. The van der Waals surface area contributed by atoms with Crippen LogP contribution in [0.5, 0.6) is 0 Å². The first-order valence-electron chi connectivity index (χ1n) is 26.0. The lowest BCUT2D eigenvalue weighted by Gasteiger charge is -2.55. The zero-order valence-electron chi connectivity index (χ0n) is 44.9. The molecule has 0 N–H and O–H groups in total. The van der Waals surface area contributed by atoms with Crippen molar-refractivity contribution < 1.29 is 91.8 Å². The van der Waals surface area contributed by atoms with Gasteiger partial charge in [0.1, 0.15) is 0 Å². The van der Waals surface area contributed by atoms with E-state index in [0.29, 0.717) is 46.3 Å². The number of quaternary nitrogens is 1. The van der Waals surface area contributed by atoms with Gasteiger partial charge in [-0.1, -0.05) is 88.9 Å². The van der Waals surface area contributed by atoms with Gasteiger partial charge in [-0.25, -0.2) is 9.97 Å². The van der Waals surface area contributed by atoms with E-state index in [0.717, 1.165) is 67.9 Å². The summed E-state index contributed by atoms with van der Waals surface area (Å²) in [6.45, 7) is 3.84. The molecule has 10 rings (SSSR count). The number of hydrogen-bond donors (Lipinski definition) is 0. The Morgan fingerprint density at radius 1 is 0.570 bits per heavy atom. The van der Waals surface area contributed by atoms with Crippen LogP contribution in [0.15, 0.2) is 128 Å². The molecule has 7 aromatic rings. The summed E-state index contributed by atoms with van der Waals surface area (Å²) in [5, 5.41) is 1.16. The summed E-state index contributed by atoms with van der Waals surface area (Å²) in [5.41, 5.74) is -4.98. The number of ketones is 2. The molecule has 462 valence electrons. The Morgan fingerprint density at radius 3 is 1.31 bits per heavy atom. The topological polar surface area (TPSA) is 113 Å². The number of carbonyl (C=O) groups is 2. The second kappa shape index (κ2) is 26.6. The first-order chi connectivity index (χ1) is 39.6. The third-order valence-corrected chi connectivity index (χ3v) is 17.6. The van der Waals surface area contributed by atoms with Crippen LogP contribution in [0.25, 0.3) is 0 Å². The molecule has 2 atom stereocenters. The van der Waals surface area contributed by atoms with Crippen molar-refractivity contribution in [3.63, 3.8) is 0 Å². The number of piperidine rings is 3. The van der Waals surface area contributed by atoms with Crippen LogP contribution >= 0.6 is 46.4 Å². The molecule has 2 unspecified atom stereocenters. The highest BCUT2D eigenvalue weighted by Gasteiger charge is 2.50. The summed E-state index contributed by atoms with van der Waals surface area (Å²) in [4.78, 5) is 34.5. The number of aromatic nitrogens is 4. The zero-order chi connectivity index (χ0) is 62.1. The highest BCUT2D eigenvalue weighted by Crippen LogP contribution is 2.47. The van der Waals surface area contributed by atoms with Gasteiger partial charge in [-0.3, -0.25) is 13.8 Å².